The summed E-state index contributed by atoms with van der Waals surface area (Å²) in [4.78, 5) is 0. The first-order valence-corrected chi connectivity index (χ1v) is 14.7. The lowest BCUT2D eigenvalue weighted by molar-refractivity contribution is 0.241. The number of rotatable bonds is 30. The van der Waals surface area contributed by atoms with Crippen LogP contribution in [-0.4, -0.2) is 26.4 Å². The average molecular weight is 509 g/mol. The predicted octanol–water partition coefficient (Wildman–Crippen LogP) is 10.4. The SMILES string of the molecule is C=COCCCCCCCCCCCCOC=C.C=COCCCCCCCCCCCCOC=C. The van der Waals surface area contributed by atoms with E-state index in [4.69, 9.17) is 18.9 Å². The van der Waals surface area contributed by atoms with Crippen molar-refractivity contribution in [2.24, 2.45) is 0 Å². The normalized spacial score (nSPS) is 10.0. The molecule has 0 rings (SSSR count). The topological polar surface area (TPSA) is 36.9 Å². The van der Waals surface area contributed by atoms with Crippen LogP contribution in [0.15, 0.2) is 51.4 Å². The van der Waals surface area contributed by atoms with Crippen LogP contribution in [0.5, 0.6) is 0 Å². The Hall–Kier alpha value is -1.84. The van der Waals surface area contributed by atoms with E-state index in [0.717, 1.165) is 52.1 Å². The summed E-state index contributed by atoms with van der Waals surface area (Å²) < 4.78 is 20.3. The quantitative estimate of drug-likeness (QED) is 0.0714. The molecule has 0 aromatic carbocycles. The lowest BCUT2D eigenvalue weighted by Gasteiger charge is -2.03. The van der Waals surface area contributed by atoms with Crippen molar-refractivity contribution >= 4 is 0 Å². The summed E-state index contributed by atoms with van der Waals surface area (Å²) in [5, 5.41) is 0. The predicted molar refractivity (Wildman–Crippen MR) is 157 cm³/mol. The van der Waals surface area contributed by atoms with Crippen LogP contribution >= 0.6 is 0 Å². The van der Waals surface area contributed by atoms with E-state index in [9.17, 15) is 0 Å². The lowest BCUT2D eigenvalue weighted by Crippen LogP contribution is -1.88. The Morgan fingerprint density at radius 2 is 0.389 bits per heavy atom. The molecule has 0 radical (unpaired) electrons. The molecule has 0 amide bonds. The first-order chi connectivity index (χ1) is 17.8. The Kier molecular flexibility index (Phi) is 38.0. The molecule has 0 bridgehead atoms. The zero-order valence-corrected chi connectivity index (χ0v) is 23.7. The fourth-order valence-corrected chi connectivity index (χ4v) is 3.90. The number of hydrogen-bond donors (Lipinski definition) is 0. The summed E-state index contributed by atoms with van der Waals surface area (Å²) in [5.74, 6) is 0. The molecule has 0 aliphatic carbocycles. The fraction of sp³-hybridized carbons (Fsp3) is 0.750. The maximum Gasteiger partial charge on any atom is 0.0873 e. The Balaban J connectivity index is 0. The highest BCUT2D eigenvalue weighted by Crippen LogP contribution is 2.12. The largest absolute Gasteiger partial charge is 0.502 e. The Bertz CT molecular complexity index is 356. The molecular formula is C32H60O4. The van der Waals surface area contributed by atoms with E-state index in [0.29, 0.717) is 0 Å². The smallest absolute Gasteiger partial charge is 0.0873 e. The third-order valence-corrected chi connectivity index (χ3v) is 6.02. The summed E-state index contributed by atoms with van der Waals surface area (Å²) in [6.07, 6.45) is 32.3. The first kappa shape index (κ1) is 36.3. The molecule has 0 spiro atoms. The van der Waals surface area contributed by atoms with E-state index >= 15 is 0 Å². The van der Waals surface area contributed by atoms with Gasteiger partial charge in [-0.25, -0.2) is 0 Å². The molecule has 4 heteroatoms. The van der Waals surface area contributed by atoms with Gasteiger partial charge in [-0.05, 0) is 25.7 Å². The van der Waals surface area contributed by atoms with Gasteiger partial charge in [0.2, 0.25) is 0 Å². The highest BCUT2D eigenvalue weighted by molar-refractivity contribution is 4.53. The van der Waals surface area contributed by atoms with Crippen molar-refractivity contribution in [2.45, 2.75) is 128 Å². The minimum absolute atomic E-state index is 0.830. The summed E-state index contributed by atoms with van der Waals surface area (Å²) in [6.45, 7) is 17.4. The maximum absolute atomic E-state index is 5.08. The van der Waals surface area contributed by atoms with Crippen LogP contribution < -0.4 is 0 Å². The van der Waals surface area contributed by atoms with Gasteiger partial charge in [0, 0.05) is 0 Å². The lowest BCUT2D eigenvalue weighted by atomic mass is 10.1. The molecule has 0 aromatic heterocycles. The Morgan fingerprint density at radius 3 is 0.528 bits per heavy atom. The van der Waals surface area contributed by atoms with Crippen LogP contribution in [0.2, 0.25) is 0 Å². The summed E-state index contributed by atoms with van der Waals surface area (Å²) in [5.41, 5.74) is 0. The van der Waals surface area contributed by atoms with Gasteiger partial charge in [-0.15, -0.1) is 0 Å². The molecule has 0 unspecified atom stereocenters. The molecule has 212 valence electrons. The van der Waals surface area contributed by atoms with Crippen LogP contribution in [0.3, 0.4) is 0 Å². The van der Waals surface area contributed by atoms with Crippen molar-refractivity contribution < 1.29 is 18.9 Å². The summed E-state index contributed by atoms with van der Waals surface area (Å²) >= 11 is 0. The minimum atomic E-state index is 0.830. The van der Waals surface area contributed by atoms with Gasteiger partial charge >= 0.3 is 0 Å². The highest BCUT2D eigenvalue weighted by Gasteiger charge is 1.94. The standard InChI is InChI=1S/2C16H30O2/c2*1-3-17-15-13-11-9-7-5-6-8-10-12-14-16-18-4-2/h2*3-4H,1-2,5-16H2. The Labute approximate surface area is 225 Å². The first-order valence-electron chi connectivity index (χ1n) is 14.7. The van der Waals surface area contributed by atoms with Gasteiger partial charge < -0.3 is 18.9 Å². The van der Waals surface area contributed by atoms with Gasteiger partial charge in [0.1, 0.15) is 0 Å². The van der Waals surface area contributed by atoms with E-state index in [1.807, 2.05) is 0 Å². The summed E-state index contributed by atoms with van der Waals surface area (Å²) in [7, 11) is 0. The Morgan fingerprint density at radius 1 is 0.250 bits per heavy atom. The third kappa shape index (κ3) is 39.4. The van der Waals surface area contributed by atoms with Crippen LogP contribution in [0.1, 0.15) is 128 Å². The van der Waals surface area contributed by atoms with Crippen LogP contribution in [0.4, 0.5) is 0 Å². The van der Waals surface area contributed by atoms with E-state index < -0.39 is 0 Å². The van der Waals surface area contributed by atoms with Gasteiger partial charge in [-0.1, -0.05) is 129 Å². The van der Waals surface area contributed by atoms with Crippen LogP contribution in [-0.2, 0) is 18.9 Å². The fourth-order valence-electron chi connectivity index (χ4n) is 3.90. The second-order valence-corrected chi connectivity index (χ2v) is 9.22. The molecule has 0 aliphatic heterocycles. The average Bonchev–Trinajstić information content (AvgIpc) is 2.89. The molecule has 0 atom stereocenters. The van der Waals surface area contributed by atoms with Crippen molar-refractivity contribution in [3.8, 4) is 0 Å². The number of unbranched alkanes of at least 4 members (excludes halogenated alkanes) is 18. The molecule has 0 fully saturated rings. The molecule has 0 aliphatic rings. The van der Waals surface area contributed by atoms with E-state index in [1.54, 1.807) is 0 Å². The monoisotopic (exact) mass is 508 g/mol. The van der Waals surface area contributed by atoms with Crippen LogP contribution in [0.25, 0.3) is 0 Å². The number of ether oxygens (including phenoxy) is 4. The van der Waals surface area contributed by atoms with Crippen molar-refractivity contribution in [2.75, 3.05) is 26.4 Å². The second-order valence-electron chi connectivity index (χ2n) is 9.22. The van der Waals surface area contributed by atoms with Gasteiger partial charge in [-0.3, -0.25) is 0 Å². The van der Waals surface area contributed by atoms with Gasteiger partial charge in [0.05, 0.1) is 51.5 Å². The van der Waals surface area contributed by atoms with E-state index in [1.165, 1.54) is 128 Å². The molecule has 0 saturated heterocycles. The second kappa shape index (κ2) is 37.7. The zero-order valence-electron chi connectivity index (χ0n) is 23.7. The minimum Gasteiger partial charge on any atom is -0.502 e. The third-order valence-electron chi connectivity index (χ3n) is 6.02. The van der Waals surface area contributed by atoms with Gasteiger partial charge in [-0.2, -0.15) is 0 Å². The van der Waals surface area contributed by atoms with E-state index in [2.05, 4.69) is 26.3 Å². The molecule has 0 saturated carbocycles. The molecule has 0 heterocycles. The van der Waals surface area contributed by atoms with Crippen molar-refractivity contribution in [1.82, 2.24) is 0 Å². The maximum atomic E-state index is 5.08. The molecular weight excluding hydrogens is 448 g/mol. The van der Waals surface area contributed by atoms with Crippen molar-refractivity contribution in [3.63, 3.8) is 0 Å². The molecule has 0 aromatic rings. The van der Waals surface area contributed by atoms with Crippen molar-refractivity contribution in [1.29, 1.82) is 0 Å². The molecule has 0 N–H and O–H groups in total. The highest BCUT2D eigenvalue weighted by atomic mass is 16.5. The molecule has 4 nitrogen and oxygen atoms in total. The van der Waals surface area contributed by atoms with Gasteiger partial charge in [0.25, 0.3) is 0 Å². The molecule has 36 heavy (non-hydrogen) atoms. The van der Waals surface area contributed by atoms with Crippen molar-refractivity contribution in [3.05, 3.63) is 51.4 Å². The van der Waals surface area contributed by atoms with Crippen LogP contribution in [0, 0.1) is 0 Å². The number of hydrogen-bond acceptors (Lipinski definition) is 4. The van der Waals surface area contributed by atoms with Gasteiger partial charge in [0.15, 0.2) is 0 Å². The summed E-state index contributed by atoms with van der Waals surface area (Å²) in [6, 6.07) is 0. The zero-order chi connectivity index (χ0) is 26.6. The van der Waals surface area contributed by atoms with E-state index in [-0.39, 0.29) is 0 Å².